The van der Waals surface area contributed by atoms with Crippen molar-refractivity contribution >= 4 is 11.7 Å². The lowest BCUT2D eigenvalue weighted by Crippen LogP contribution is -2.38. The van der Waals surface area contributed by atoms with Crippen LogP contribution in [0.4, 0.5) is 0 Å². The Balaban J connectivity index is 1.90. The van der Waals surface area contributed by atoms with E-state index in [1.807, 2.05) is 35.2 Å². The van der Waals surface area contributed by atoms with Crippen LogP contribution in [-0.4, -0.2) is 29.7 Å². The summed E-state index contributed by atoms with van der Waals surface area (Å²) in [5, 5.41) is 0. The van der Waals surface area contributed by atoms with Crippen molar-refractivity contribution < 1.29 is 9.59 Å². The highest BCUT2D eigenvalue weighted by molar-refractivity contribution is 5.94. The van der Waals surface area contributed by atoms with Crippen LogP contribution in [0.25, 0.3) is 0 Å². The van der Waals surface area contributed by atoms with Crippen molar-refractivity contribution in [2.45, 2.75) is 26.2 Å². The lowest BCUT2D eigenvalue weighted by atomic mass is 9.92. The van der Waals surface area contributed by atoms with Gasteiger partial charge in [-0.25, -0.2) is 0 Å². The zero-order chi connectivity index (χ0) is 13.0. The fourth-order valence-corrected chi connectivity index (χ4v) is 2.51. The van der Waals surface area contributed by atoms with Gasteiger partial charge >= 0.3 is 0 Å². The first-order valence-electron chi connectivity index (χ1n) is 6.50. The number of carbonyl (C=O) groups is 2. The predicted molar refractivity (Wildman–Crippen MR) is 70.4 cm³/mol. The Labute approximate surface area is 108 Å². The molecule has 0 aromatic heterocycles. The van der Waals surface area contributed by atoms with E-state index in [4.69, 9.17) is 0 Å². The Hall–Kier alpha value is -1.64. The van der Waals surface area contributed by atoms with Crippen LogP contribution in [0.1, 0.15) is 36.5 Å². The minimum atomic E-state index is 0.108. The first-order chi connectivity index (χ1) is 8.66. The van der Waals surface area contributed by atoms with Gasteiger partial charge in [-0.1, -0.05) is 18.2 Å². The average molecular weight is 245 g/mol. The molecule has 0 saturated carbocycles. The van der Waals surface area contributed by atoms with Gasteiger partial charge in [0.25, 0.3) is 5.91 Å². The Kier molecular flexibility index (Phi) is 4.13. The minimum Gasteiger partial charge on any atom is -0.339 e. The molecule has 18 heavy (non-hydrogen) atoms. The smallest absolute Gasteiger partial charge is 0.253 e. The summed E-state index contributed by atoms with van der Waals surface area (Å²) in [4.78, 5) is 25.2. The van der Waals surface area contributed by atoms with E-state index in [9.17, 15) is 9.59 Å². The van der Waals surface area contributed by atoms with Gasteiger partial charge in [0.05, 0.1) is 0 Å². The van der Waals surface area contributed by atoms with Gasteiger partial charge in [0.2, 0.25) is 0 Å². The van der Waals surface area contributed by atoms with Crippen molar-refractivity contribution in [1.29, 1.82) is 0 Å². The quantitative estimate of drug-likeness (QED) is 0.820. The maximum atomic E-state index is 12.2. The van der Waals surface area contributed by atoms with Crippen molar-refractivity contribution in [3.8, 4) is 0 Å². The number of carbonyl (C=O) groups excluding carboxylic acids is 2. The van der Waals surface area contributed by atoms with Crippen molar-refractivity contribution in [3.05, 3.63) is 35.9 Å². The summed E-state index contributed by atoms with van der Waals surface area (Å²) >= 11 is 0. The molecule has 1 amide bonds. The molecule has 1 saturated heterocycles. The predicted octanol–water partition coefficient (Wildman–Crippen LogP) is 2.52. The number of hydrogen-bond donors (Lipinski definition) is 0. The van der Waals surface area contributed by atoms with Crippen LogP contribution in [0.15, 0.2) is 30.3 Å². The molecule has 2 rings (SSSR count). The summed E-state index contributed by atoms with van der Waals surface area (Å²) in [7, 11) is 0. The van der Waals surface area contributed by atoms with E-state index in [0.717, 1.165) is 31.5 Å². The number of nitrogens with zero attached hydrogens (tertiary/aromatic N) is 1. The fraction of sp³-hybridized carbons (Fsp3) is 0.467. The zero-order valence-corrected chi connectivity index (χ0v) is 10.8. The molecular formula is C15H19NO2. The zero-order valence-electron chi connectivity index (χ0n) is 10.8. The lowest BCUT2D eigenvalue weighted by Gasteiger charge is -2.31. The van der Waals surface area contributed by atoms with Crippen LogP contribution in [0.2, 0.25) is 0 Å². The summed E-state index contributed by atoms with van der Waals surface area (Å²) in [6, 6.07) is 9.38. The molecule has 1 aliphatic rings. The minimum absolute atomic E-state index is 0.108. The number of rotatable bonds is 3. The number of Topliss-reactive ketones (excluding diaryl/α,β-unsaturated/α-hetero) is 1. The summed E-state index contributed by atoms with van der Waals surface area (Å²) < 4.78 is 0. The van der Waals surface area contributed by atoms with Gasteiger partial charge in [-0.15, -0.1) is 0 Å². The normalized spacial score (nSPS) is 16.6. The third kappa shape index (κ3) is 3.19. The SMILES string of the molecule is CC(=O)CC1CCN(C(=O)c2ccccc2)CC1. The summed E-state index contributed by atoms with van der Waals surface area (Å²) in [6.07, 6.45) is 2.55. The van der Waals surface area contributed by atoms with Crippen LogP contribution in [0, 0.1) is 5.92 Å². The van der Waals surface area contributed by atoms with E-state index in [0.29, 0.717) is 12.3 Å². The van der Waals surface area contributed by atoms with Crippen LogP contribution in [0.5, 0.6) is 0 Å². The van der Waals surface area contributed by atoms with Crippen LogP contribution < -0.4 is 0 Å². The molecule has 0 N–H and O–H groups in total. The Morgan fingerprint density at radius 3 is 2.33 bits per heavy atom. The van der Waals surface area contributed by atoms with Gasteiger partial charge in [-0.05, 0) is 37.8 Å². The first kappa shape index (κ1) is 12.8. The largest absolute Gasteiger partial charge is 0.339 e. The Bertz CT molecular complexity index is 419. The number of benzene rings is 1. The van der Waals surface area contributed by atoms with Gasteiger partial charge < -0.3 is 9.69 Å². The number of amides is 1. The lowest BCUT2D eigenvalue weighted by molar-refractivity contribution is -0.118. The number of hydrogen-bond acceptors (Lipinski definition) is 2. The van der Waals surface area contributed by atoms with Crippen LogP contribution in [0.3, 0.4) is 0 Å². The van der Waals surface area contributed by atoms with Crippen molar-refractivity contribution in [1.82, 2.24) is 4.90 Å². The second kappa shape index (κ2) is 5.80. The van der Waals surface area contributed by atoms with E-state index < -0.39 is 0 Å². The molecule has 1 aliphatic heterocycles. The van der Waals surface area contributed by atoms with Gasteiger partial charge in [-0.2, -0.15) is 0 Å². The van der Waals surface area contributed by atoms with Crippen LogP contribution >= 0.6 is 0 Å². The highest BCUT2D eigenvalue weighted by Crippen LogP contribution is 2.21. The molecule has 0 unspecified atom stereocenters. The molecule has 0 spiro atoms. The molecule has 0 atom stereocenters. The van der Waals surface area contributed by atoms with Gasteiger partial charge in [-0.3, -0.25) is 4.79 Å². The third-order valence-electron chi connectivity index (χ3n) is 3.50. The monoisotopic (exact) mass is 245 g/mol. The average Bonchev–Trinajstić information content (AvgIpc) is 2.39. The molecule has 1 fully saturated rings. The molecule has 96 valence electrons. The third-order valence-corrected chi connectivity index (χ3v) is 3.50. The molecule has 1 heterocycles. The molecule has 0 radical (unpaired) electrons. The molecule has 1 aromatic rings. The van der Waals surface area contributed by atoms with E-state index in [1.165, 1.54) is 0 Å². The van der Waals surface area contributed by atoms with Crippen LogP contribution in [-0.2, 0) is 4.79 Å². The highest BCUT2D eigenvalue weighted by atomic mass is 16.2. The van der Waals surface area contributed by atoms with E-state index in [1.54, 1.807) is 6.92 Å². The topological polar surface area (TPSA) is 37.4 Å². The molecule has 3 heteroatoms. The highest BCUT2D eigenvalue weighted by Gasteiger charge is 2.23. The van der Waals surface area contributed by atoms with E-state index >= 15 is 0 Å². The van der Waals surface area contributed by atoms with E-state index in [-0.39, 0.29) is 11.7 Å². The number of likely N-dealkylation sites (tertiary alicyclic amines) is 1. The maximum absolute atomic E-state index is 12.2. The van der Waals surface area contributed by atoms with Gasteiger partial charge in [0.15, 0.2) is 0 Å². The second-order valence-electron chi connectivity index (χ2n) is 5.01. The van der Waals surface area contributed by atoms with Gasteiger partial charge in [0, 0.05) is 25.1 Å². The Morgan fingerprint density at radius 1 is 1.17 bits per heavy atom. The van der Waals surface area contributed by atoms with E-state index in [2.05, 4.69) is 0 Å². The van der Waals surface area contributed by atoms with Gasteiger partial charge in [0.1, 0.15) is 5.78 Å². The van der Waals surface area contributed by atoms with Crippen molar-refractivity contribution in [2.24, 2.45) is 5.92 Å². The molecule has 0 bridgehead atoms. The molecule has 0 aliphatic carbocycles. The van der Waals surface area contributed by atoms with Crippen molar-refractivity contribution in [3.63, 3.8) is 0 Å². The summed E-state index contributed by atoms with van der Waals surface area (Å²) in [5.74, 6) is 0.821. The van der Waals surface area contributed by atoms with Crippen molar-refractivity contribution in [2.75, 3.05) is 13.1 Å². The maximum Gasteiger partial charge on any atom is 0.253 e. The fourth-order valence-electron chi connectivity index (χ4n) is 2.51. The summed E-state index contributed by atoms with van der Waals surface area (Å²) in [6.45, 7) is 3.18. The molecule has 1 aromatic carbocycles. The second-order valence-corrected chi connectivity index (χ2v) is 5.01. The standard InChI is InChI=1S/C15H19NO2/c1-12(17)11-13-7-9-16(10-8-13)15(18)14-5-3-2-4-6-14/h2-6,13H,7-11H2,1H3. The number of ketones is 1. The molecular weight excluding hydrogens is 226 g/mol. The Morgan fingerprint density at radius 2 is 1.78 bits per heavy atom. The molecule has 3 nitrogen and oxygen atoms in total. The summed E-state index contributed by atoms with van der Waals surface area (Å²) in [5.41, 5.74) is 0.752. The number of piperidine rings is 1. The first-order valence-corrected chi connectivity index (χ1v) is 6.50.